The van der Waals surface area contributed by atoms with Crippen molar-refractivity contribution >= 4 is 22.7 Å². The lowest BCUT2D eigenvalue weighted by Crippen LogP contribution is -1.91. The van der Waals surface area contributed by atoms with E-state index < -0.39 is 0 Å². The molecule has 0 saturated carbocycles. The van der Waals surface area contributed by atoms with Crippen molar-refractivity contribution in [1.29, 1.82) is 0 Å². The first-order chi connectivity index (χ1) is 8.27. The molecule has 3 aromatic rings. The van der Waals surface area contributed by atoms with Crippen LogP contribution >= 0.6 is 22.7 Å². The minimum atomic E-state index is 0.0405. The van der Waals surface area contributed by atoms with E-state index in [0.717, 1.165) is 15.4 Å². The number of nitrogens with zero attached hydrogens (tertiary/aromatic N) is 1. The third kappa shape index (κ3) is 1.64. The number of hydrogen-bond donors (Lipinski definition) is 2. The Labute approximate surface area is 106 Å². The van der Waals surface area contributed by atoms with E-state index in [-0.39, 0.29) is 11.8 Å². The van der Waals surface area contributed by atoms with Crippen LogP contribution < -0.4 is 0 Å². The van der Waals surface area contributed by atoms with Crippen LogP contribution in [0.4, 0.5) is 0 Å². The van der Waals surface area contributed by atoms with Crippen LogP contribution in [0.5, 0.6) is 11.8 Å². The van der Waals surface area contributed by atoms with Gasteiger partial charge in [-0.25, -0.2) is 0 Å². The Kier molecular flexibility index (Phi) is 2.42. The molecule has 0 atom stereocenters. The maximum Gasteiger partial charge on any atom is 0.198 e. The molecular weight excluding hydrogens is 254 g/mol. The molecule has 0 unspecified atom stereocenters. The summed E-state index contributed by atoms with van der Waals surface area (Å²) < 4.78 is 1.44. The molecule has 0 aromatic carbocycles. The molecule has 3 heterocycles. The van der Waals surface area contributed by atoms with Crippen molar-refractivity contribution in [2.45, 2.75) is 0 Å². The Bertz CT molecular complexity index is 618. The highest BCUT2D eigenvalue weighted by atomic mass is 32.1. The molecule has 17 heavy (non-hydrogen) atoms. The highest BCUT2D eigenvalue weighted by Gasteiger charge is 2.15. The van der Waals surface area contributed by atoms with Crippen LogP contribution in [0.25, 0.3) is 15.4 Å². The minimum Gasteiger partial charge on any atom is -0.494 e. The summed E-state index contributed by atoms with van der Waals surface area (Å²) in [6.07, 6.45) is 0. The molecule has 3 rings (SSSR count). The van der Waals surface area contributed by atoms with Crippen LogP contribution in [-0.2, 0) is 0 Å². The summed E-state index contributed by atoms with van der Waals surface area (Å²) in [4.78, 5) is 2.17. The zero-order chi connectivity index (χ0) is 11.8. The Morgan fingerprint density at radius 3 is 2.29 bits per heavy atom. The van der Waals surface area contributed by atoms with E-state index >= 15 is 0 Å². The van der Waals surface area contributed by atoms with E-state index in [1.165, 1.54) is 16.7 Å². The number of aromatic hydroxyl groups is 2. The Balaban J connectivity index is 2.21. The van der Waals surface area contributed by atoms with Gasteiger partial charge in [0, 0.05) is 17.0 Å². The van der Waals surface area contributed by atoms with Crippen LogP contribution in [0.15, 0.2) is 41.1 Å². The Morgan fingerprint density at radius 2 is 1.65 bits per heavy atom. The van der Waals surface area contributed by atoms with Gasteiger partial charge >= 0.3 is 0 Å². The number of aromatic nitrogens is 1. The predicted octanol–water partition coefficient (Wildman–Crippen LogP) is 3.68. The number of rotatable bonds is 2. The SMILES string of the molecule is Oc1ccc(O)n1-c1ccsc1-c1cccs1. The van der Waals surface area contributed by atoms with Crippen molar-refractivity contribution in [3.05, 3.63) is 41.1 Å². The summed E-state index contributed by atoms with van der Waals surface area (Å²) in [5.74, 6) is 0.0809. The molecule has 2 N–H and O–H groups in total. The molecule has 86 valence electrons. The monoisotopic (exact) mass is 263 g/mol. The number of thiophene rings is 2. The van der Waals surface area contributed by atoms with Gasteiger partial charge in [-0.05, 0) is 22.9 Å². The summed E-state index contributed by atoms with van der Waals surface area (Å²) in [6.45, 7) is 0. The van der Waals surface area contributed by atoms with Crippen molar-refractivity contribution in [2.75, 3.05) is 0 Å². The average Bonchev–Trinajstić information content (AvgIpc) is 2.98. The van der Waals surface area contributed by atoms with Gasteiger partial charge < -0.3 is 10.2 Å². The lowest BCUT2D eigenvalue weighted by molar-refractivity contribution is 0.403. The van der Waals surface area contributed by atoms with E-state index in [2.05, 4.69) is 0 Å². The maximum atomic E-state index is 9.74. The van der Waals surface area contributed by atoms with Crippen molar-refractivity contribution < 1.29 is 10.2 Å². The summed E-state index contributed by atoms with van der Waals surface area (Å²) in [5, 5.41) is 23.4. The summed E-state index contributed by atoms with van der Waals surface area (Å²) in [5.41, 5.74) is 0.803. The molecule has 3 nitrogen and oxygen atoms in total. The van der Waals surface area contributed by atoms with E-state index in [9.17, 15) is 10.2 Å². The molecule has 0 spiro atoms. The van der Waals surface area contributed by atoms with E-state index in [1.807, 2.05) is 29.0 Å². The Morgan fingerprint density at radius 1 is 0.882 bits per heavy atom. The first kappa shape index (κ1) is 10.4. The lowest BCUT2D eigenvalue weighted by atomic mass is 10.3. The molecular formula is C12H9NO2S2. The van der Waals surface area contributed by atoms with Crippen molar-refractivity contribution in [3.8, 4) is 27.2 Å². The second-order valence-electron chi connectivity index (χ2n) is 3.50. The molecule has 0 fully saturated rings. The molecule has 0 bridgehead atoms. The summed E-state index contributed by atoms with van der Waals surface area (Å²) >= 11 is 3.23. The van der Waals surface area contributed by atoms with Crippen LogP contribution in [0.1, 0.15) is 0 Å². The molecule has 5 heteroatoms. The second-order valence-corrected chi connectivity index (χ2v) is 5.36. The molecule has 0 aliphatic carbocycles. The second kappa shape index (κ2) is 3.94. The van der Waals surface area contributed by atoms with Crippen LogP contribution in [0.2, 0.25) is 0 Å². The third-order valence-electron chi connectivity index (χ3n) is 2.47. The van der Waals surface area contributed by atoms with Gasteiger partial charge in [-0.3, -0.25) is 4.57 Å². The molecule has 3 aromatic heterocycles. The van der Waals surface area contributed by atoms with Crippen molar-refractivity contribution in [2.24, 2.45) is 0 Å². The first-order valence-corrected chi connectivity index (χ1v) is 6.75. The summed E-state index contributed by atoms with van der Waals surface area (Å²) in [7, 11) is 0. The molecule has 0 radical (unpaired) electrons. The average molecular weight is 263 g/mol. The first-order valence-electron chi connectivity index (χ1n) is 4.99. The van der Waals surface area contributed by atoms with Crippen LogP contribution in [0.3, 0.4) is 0 Å². The predicted molar refractivity (Wildman–Crippen MR) is 70.3 cm³/mol. The standard InChI is InChI=1S/C12H9NO2S2/c14-10-3-4-11(15)13(10)8-5-7-17-12(8)9-2-1-6-16-9/h1-7,14-15H. The molecule has 0 aliphatic heterocycles. The van der Waals surface area contributed by atoms with Gasteiger partial charge in [0.2, 0.25) is 0 Å². The number of hydrogen-bond acceptors (Lipinski definition) is 4. The Hall–Kier alpha value is -1.72. The van der Waals surface area contributed by atoms with Gasteiger partial charge in [0.15, 0.2) is 11.8 Å². The molecule has 0 amide bonds. The fraction of sp³-hybridized carbons (Fsp3) is 0. The van der Waals surface area contributed by atoms with Gasteiger partial charge in [-0.2, -0.15) is 0 Å². The largest absolute Gasteiger partial charge is 0.494 e. The quantitative estimate of drug-likeness (QED) is 0.741. The highest BCUT2D eigenvalue weighted by molar-refractivity contribution is 7.20. The van der Waals surface area contributed by atoms with Crippen LogP contribution in [-0.4, -0.2) is 14.8 Å². The van der Waals surface area contributed by atoms with Gasteiger partial charge in [-0.15, -0.1) is 22.7 Å². The minimum absolute atomic E-state index is 0.0405. The van der Waals surface area contributed by atoms with Gasteiger partial charge in [0.05, 0.1) is 10.6 Å². The van der Waals surface area contributed by atoms with Gasteiger partial charge in [-0.1, -0.05) is 6.07 Å². The highest BCUT2D eigenvalue weighted by Crippen LogP contribution is 2.39. The van der Waals surface area contributed by atoms with Crippen molar-refractivity contribution in [3.63, 3.8) is 0 Å². The van der Waals surface area contributed by atoms with E-state index in [4.69, 9.17) is 0 Å². The summed E-state index contributed by atoms with van der Waals surface area (Å²) in [6, 6.07) is 8.85. The van der Waals surface area contributed by atoms with Gasteiger partial charge in [0.25, 0.3) is 0 Å². The van der Waals surface area contributed by atoms with Crippen LogP contribution in [0, 0.1) is 0 Å². The van der Waals surface area contributed by atoms with Gasteiger partial charge in [0.1, 0.15) is 0 Å². The third-order valence-corrected chi connectivity index (χ3v) is 4.42. The van der Waals surface area contributed by atoms with E-state index in [1.54, 1.807) is 22.7 Å². The molecule has 0 saturated heterocycles. The van der Waals surface area contributed by atoms with Crippen molar-refractivity contribution in [1.82, 2.24) is 4.57 Å². The smallest absolute Gasteiger partial charge is 0.198 e. The zero-order valence-electron chi connectivity index (χ0n) is 8.70. The lowest BCUT2D eigenvalue weighted by Gasteiger charge is -2.06. The zero-order valence-corrected chi connectivity index (χ0v) is 10.3. The fourth-order valence-electron chi connectivity index (χ4n) is 1.73. The van der Waals surface area contributed by atoms with E-state index in [0.29, 0.717) is 0 Å². The normalized spacial score (nSPS) is 10.8. The topological polar surface area (TPSA) is 45.4 Å². The molecule has 0 aliphatic rings. The maximum absolute atomic E-state index is 9.74. The fourth-order valence-corrected chi connectivity index (χ4v) is 3.49.